The lowest BCUT2D eigenvalue weighted by atomic mass is 9.98. The predicted octanol–water partition coefficient (Wildman–Crippen LogP) is 3.36. The Morgan fingerprint density at radius 3 is 2.35 bits per heavy atom. The summed E-state index contributed by atoms with van der Waals surface area (Å²) < 4.78 is 38.2. The molecule has 0 spiro atoms. The zero-order valence-corrected chi connectivity index (χ0v) is 12.8. The molecule has 1 aromatic rings. The highest BCUT2D eigenvalue weighted by atomic mass is 79.9. The highest BCUT2D eigenvalue weighted by molar-refractivity contribution is 9.10. The summed E-state index contributed by atoms with van der Waals surface area (Å²) in [7, 11) is 0. The van der Waals surface area contributed by atoms with E-state index in [1.54, 1.807) is 13.8 Å². The van der Waals surface area contributed by atoms with Crippen molar-refractivity contribution in [1.82, 2.24) is 5.32 Å². The quantitative estimate of drug-likeness (QED) is 0.875. The Morgan fingerprint density at radius 2 is 1.90 bits per heavy atom. The van der Waals surface area contributed by atoms with Gasteiger partial charge in [-0.05, 0) is 54.9 Å². The van der Waals surface area contributed by atoms with Gasteiger partial charge in [0.15, 0.2) is 0 Å². The molecule has 1 amide bonds. The van der Waals surface area contributed by atoms with Crippen LogP contribution in [0.1, 0.15) is 36.7 Å². The Labute approximate surface area is 123 Å². The summed E-state index contributed by atoms with van der Waals surface area (Å²) in [6.45, 7) is 4.65. The van der Waals surface area contributed by atoms with Gasteiger partial charge in [0.25, 0.3) is 5.91 Å². The summed E-state index contributed by atoms with van der Waals surface area (Å²) in [5, 5.41) is 12.0. The largest absolute Gasteiger partial charge is 0.416 e. The summed E-state index contributed by atoms with van der Waals surface area (Å²) in [5.41, 5.74) is -1.99. The van der Waals surface area contributed by atoms with Gasteiger partial charge in [0, 0.05) is 4.47 Å². The average molecular weight is 354 g/mol. The Hall–Kier alpha value is -1.08. The molecule has 1 atom stereocenters. The lowest BCUT2D eigenvalue weighted by molar-refractivity contribution is -0.137. The summed E-state index contributed by atoms with van der Waals surface area (Å²) >= 11 is 3.05. The van der Waals surface area contributed by atoms with Gasteiger partial charge in [-0.3, -0.25) is 4.79 Å². The van der Waals surface area contributed by atoms with E-state index in [2.05, 4.69) is 21.2 Å². The van der Waals surface area contributed by atoms with Gasteiger partial charge >= 0.3 is 6.18 Å². The first-order valence-electron chi connectivity index (χ1n) is 5.82. The predicted molar refractivity (Wildman–Crippen MR) is 72.4 cm³/mol. The fourth-order valence-corrected chi connectivity index (χ4v) is 1.77. The van der Waals surface area contributed by atoms with E-state index >= 15 is 0 Å². The van der Waals surface area contributed by atoms with Crippen molar-refractivity contribution in [3.05, 3.63) is 33.8 Å². The molecule has 2 N–H and O–H groups in total. The lowest BCUT2D eigenvalue weighted by Crippen LogP contribution is -2.51. The molecular weight excluding hydrogens is 339 g/mol. The van der Waals surface area contributed by atoms with Crippen LogP contribution in [0.4, 0.5) is 13.2 Å². The van der Waals surface area contributed by atoms with E-state index in [0.29, 0.717) is 0 Å². The van der Waals surface area contributed by atoms with Crippen LogP contribution in [0.5, 0.6) is 0 Å². The SMILES string of the molecule is CC(O)C(C)(C)NC(=O)c1cc(C(F)(F)F)ccc1Br. The molecular formula is C13H15BrF3NO2. The van der Waals surface area contributed by atoms with Crippen LogP contribution in [0.25, 0.3) is 0 Å². The van der Waals surface area contributed by atoms with Crippen molar-refractivity contribution in [3.63, 3.8) is 0 Å². The maximum Gasteiger partial charge on any atom is 0.416 e. The number of benzene rings is 1. The number of hydrogen-bond acceptors (Lipinski definition) is 2. The van der Waals surface area contributed by atoms with Crippen molar-refractivity contribution >= 4 is 21.8 Å². The molecule has 0 aromatic heterocycles. The molecule has 3 nitrogen and oxygen atoms in total. The molecule has 0 saturated heterocycles. The summed E-state index contributed by atoms with van der Waals surface area (Å²) in [6.07, 6.45) is -5.37. The lowest BCUT2D eigenvalue weighted by Gasteiger charge is -2.29. The zero-order chi connectivity index (χ0) is 15.7. The number of amides is 1. The van der Waals surface area contributed by atoms with Gasteiger partial charge < -0.3 is 10.4 Å². The third-order valence-corrected chi connectivity index (χ3v) is 3.71. The van der Waals surface area contributed by atoms with Crippen LogP contribution in [-0.2, 0) is 6.18 Å². The monoisotopic (exact) mass is 353 g/mol. The van der Waals surface area contributed by atoms with Crippen LogP contribution in [0.15, 0.2) is 22.7 Å². The maximum atomic E-state index is 12.6. The molecule has 0 saturated carbocycles. The molecule has 0 aliphatic carbocycles. The number of rotatable bonds is 3. The van der Waals surface area contributed by atoms with Gasteiger partial charge in [0.1, 0.15) is 0 Å². The smallest absolute Gasteiger partial charge is 0.391 e. The average Bonchev–Trinajstić information content (AvgIpc) is 2.26. The zero-order valence-electron chi connectivity index (χ0n) is 11.2. The van der Waals surface area contributed by atoms with Gasteiger partial charge in [-0.25, -0.2) is 0 Å². The number of carbonyl (C=O) groups excluding carboxylic acids is 1. The number of nitrogens with one attached hydrogen (secondary N) is 1. The number of alkyl halides is 3. The Bertz CT molecular complexity index is 513. The summed E-state index contributed by atoms with van der Waals surface area (Å²) in [6, 6.07) is 2.84. The first kappa shape index (κ1) is 17.0. The number of aliphatic hydroxyl groups excluding tert-OH is 1. The fourth-order valence-electron chi connectivity index (χ4n) is 1.34. The van der Waals surface area contributed by atoms with Crippen LogP contribution < -0.4 is 5.32 Å². The van der Waals surface area contributed by atoms with Crippen molar-refractivity contribution < 1.29 is 23.1 Å². The van der Waals surface area contributed by atoms with Gasteiger partial charge in [-0.2, -0.15) is 13.2 Å². The summed E-state index contributed by atoms with van der Waals surface area (Å²) in [4.78, 5) is 12.0. The molecule has 0 aliphatic heterocycles. The molecule has 0 heterocycles. The van der Waals surface area contributed by atoms with Gasteiger partial charge in [0.05, 0.1) is 22.8 Å². The van der Waals surface area contributed by atoms with E-state index in [4.69, 9.17) is 0 Å². The number of hydrogen-bond donors (Lipinski definition) is 2. The topological polar surface area (TPSA) is 49.3 Å². The molecule has 0 fully saturated rings. The molecule has 1 rings (SSSR count). The van der Waals surface area contributed by atoms with E-state index in [0.717, 1.165) is 12.1 Å². The third-order valence-electron chi connectivity index (χ3n) is 3.02. The van der Waals surface area contributed by atoms with Crippen molar-refractivity contribution in [2.45, 2.75) is 38.6 Å². The second-order valence-corrected chi connectivity index (χ2v) is 5.90. The highest BCUT2D eigenvalue weighted by Gasteiger charge is 2.33. The molecule has 1 aromatic carbocycles. The van der Waals surface area contributed by atoms with Crippen LogP contribution >= 0.6 is 15.9 Å². The van der Waals surface area contributed by atoms with E-state index in [1.807, 2.05) is 0 Å². The molecule has 7 heteroatoms. The Morgan fingerprint density at radius 1 is 1.35 bits per heavy atom. The third kappa shape index (κ3) is 3.96. The van der Waals surface area contributed by atoms with Gasteiger partial charge in [-0.1, -0.05) is 0 Å². The standard InChI is InChI=1S/C13H15BrF3NO2/c1-7(19)12(2,3)18-11(20)9-6-8(13(15,16)17)4-5-10(9)14/h4-7,19H,1-3H3,(H,18,20). The van der Waals surface area contributed by atoms with E-state index < -0.39 is 29.3 Å². The minimum atomic E-state index is -4.52. The van der Waals surface area contributed by atoms with Crippen LogP contribution in [0, 0.1) is 0 Å². The number of aliphatic hydroxyl groups is 1. The highest BCUT2D eigenvalue weighted by Crippen LogP contribution is 2.32. The second kappa shape index (κ2) is 5.73. The van der Waals surface area contributed by atoms with Crippen LogP contribution in [0.3, 0.4) is 0 Å². The molecule has 112 valence electrons. The van der Waals surface area contributed by atoms with Crippen LogP contribution in [0.2, 0.25) is 0 Å². The van der Waals surface area contributed by atoms with Gasteiger partial charge in [-0.15, -0.1) is 0 Å². The normalized spacial score (nSPS) is 14.0. The van der Waals surface area contributed by atoms with Crippen molar-refractivity contribution in [3.8, 4) is 0 Å². The van der Waals surface area contributed by atoms with E-state index in [9.17, 15) is 23.1 Å². The number of halogens is 4. The first-order chi connectivity index (χ1) is 8.95. The Kier molecular flexibility index (Phi) is 4.86. The number of carbonyl (C=O) groups is 1. The first-order valence-corrected chi connectivity index (χ1v) is 6.62. The Balaban J connectivity index is 3.11. The maximum absolute atomic E-state index is 12.6. The molecule has 0 bridgehead atoms. The van der Waals surface area contributed by atoms with E-state index in [-0.39, 0.29) is 10.0 Å². The van der Waals surface area contributed by atoms with Crippen molar-refractivity contribution in [1.29, 1.82) is 0 Å². The molecule has 0 aliphatic rings. The van der Waals surface area contributed by atoms with Crippen molar-refractivity contribution in [2.24, 2.45) is 0 Å². The minimum absolute atomic E-state index is 0.131. The van der Waals surface area contributed by atoms with Gasteiger partial charge in [0.2, 0.25) is 0 Å². The second-order valence-electron chi connectivity index (χ2n) is 5.04. The van der Waals surface area contributed by atoms with Crippen molar-refractivity contribution in [2.75, 3.05) is 0 Å². The summed E-state index contributed by atoms with van der Waals surface area (Å²) in [5.74, 6) is -0.686. The minimum Gasteiger partial charge on any atom is -0.391 e. The van der Waals surface area contributed by atoms with E-state index in [1.165, 1.54) is 13.0 Å². The molecule has 0 radical (unpaired) electrons. The molecule has 1 unspecified atom stereocenters. The van der Waals surface area contributed by atoms with Crippen LogP contribution in [-0.4, -0.2) is 22.7 Å². The molecule has 20 heavy (non-hydrogen) atoms. The fraction of sp³-hybridized carbons (Fsp3) is 0.462.